The van der Waals surface area contributed by atoms with Gasteiger partial charge in [0.25, 0.3) is 0 Å². The first-order valence-electron chi connectivity index (χ1n) is 18.4. The highest BCUT2D eigenvalue weighted by atomic mass is 32.2. The minimum absolute atomic E-state index is 0.111. The molecule has 2 saturated heterocycles. The first kappa shape index (κ1) is 42.2. The lowest BCUT2D eigenvalue weighted by atomic mass is 9.74. The fourth-order valence-electron chi connectivity index (χ4n) is 8.36. The molecule has 1 amide bonds. The van der Waals surface area contributed by atoms with E-state index in [9.17, 15) is 19.5 Å². The molecule has 4 rings (SSSR count). The molecule has 3 aliphatic heterocycles. The lowest BCUT2D eigenvalue weighted by Crippen LogP contribution is -2.60. The van der Waals surface area contributed by atoms with Crippen LogP contribution in [0.25, 0.3) is 0 Å². The highest BCUT2D eigenvalue weighted by Gasteiger charge is 2.60. The number of carbonyl (C=O) groups is 3. The lowest BCUT2D eigenvalue weighted by molar-refractivity contribution is -0.294. The molecule has 2 fully saturated rings. The van der Waals surface area contributed by atoms with Gasteiger partial charge in [-0.1, -0.05) is 45.9 Å². The summed E-state index contributed by atoms with van der Waals surface area (Å²) in [5.74, 6) is -2.43. The van der Waals surface area contributed by atoms with E-state index in [1.165, 1.54) is 5.01 Å². The molecule has 0 aliphatic carbocycles. The van der Waals surface area contributed by atoms with Crippen molar-refractivity contribution in [2.45, 2.75) is 140 Å². The van der Waals surface area contributed by atoms with E-state index in [-0.39, 0.29) is 24.3 Å². The third kappa shape index (κ3) is 8.88. The molecule has 12 nitrogen and oxygen atoms in total. The number of rotatable bonds is 9. The van der Waals surface area contributed by atoms with Gasteiger partial charge in [-0.2, -0.15) is 0 Å². The number of cyclic esters (lactones) is 1. The number of aliphatic hydroxyl groups is 1. The van der Waals surface area contributed by atoms with Gasteiger partial charge in [-0.3, -0.25) is 4.79 Å². The maximum Gasteiger partial charge on any atom is 0.425 e. The van der Waals surface area contributed by atoms with Gasteiger partial charge in [0.1, 0.15) is 24.0 Å². The Morgan fingerprint density at radius 1 is 1.10 bits per heavy atom. The summed E-state index contributed by atoms with van der Waals surface area (Å²) in [6.45, 7) is 15.0. The Bertz CT molecular complexity index is 1440. The van der Waals surface area contributed by atoms with Crippen molar-refractivity contribution < 1.29 is 43.2 Å². The molecule has 0 radical (unpaired) electrons. The number of thioether (sulfide) groups is 1. The van der Waals surface area contributed by atoms with Crippen molar-refractivity contribution in [3.05, 3.63) is 41.5 Å². The van der Waals surface area contributed by atoms with E-state index in [1.54, 1.807) is 45.7 Å². The monoisotopic (exact) mass is 747 g/mol. The van der Waals surface area contributed by atoms with Gasteiger partial charge in [0.05, 0.1) is 17.8 Å². The average molecular weight is 748 g/mol. The van der Waals surface area contributed by atoms with E-state index in [4.69, 9.17) is 23.7 Å². The van der Waals surface area contributed by atoms with Crippen molar-refractivity contribution in [1.82, 2.24) is 15.3 Å². The number of esters is 1. The molecule has 2 N–H and O–H groups in total. The SMILES string of the molecule is CC[C@H]1OC(=O)/C(C)=C/[C@H](C)[C@@H](O[C@@H]2O[C@H](C)C[C@H](N(C)C)[C@H]2O)[C@@](C)(OC)C[C@@H](C)C(=O)[C@H](C)[C@H]2N(NCc3ccc(SC)cc3)C(=O)O[C@]12C. The minimum atomic E-state index is -1.35. The molecule has 3 aliphatic rings. The normalized spacial score (nSPS) is 39.0. The van der Waals surface area contributed by atoms with E-state index in [1.807, 2.05) is 84.1 Å². The predicted molar refractivity (Wildman–Crippen MR) is 199 cm³/mol. The number of nitrogens with one attached hydrogen (secondary N) is 1. The van der Waals surface area contributed by atoms with Crippen LogP contribution in [0.1, 0.15) is 80.2 Å². The van der Waals surface area contributed by atoms with Crippen molar-refractivity contribution in [3.63, 3.8) is 0 Å². The zero-order chi connectivity index (χ0) is 38.7. The quantitative estimate of drug-likeness (QED) is 0.249. The van der Waals surface area contributed by atoms with Crippen molar-refractivity contribution >= 4 is 29.6 Å². The minimum Gasteiger partial charge on any atom is -0.455 e. The number of Topliss-reactive ketones (excluding diaryl/α,β-unsaturated/α-hetero) is 1. The zero-order valence-electron chi connectivity index (χ0n) is 33.0. The summed E-state index contributed by atoms with van der Waals surface area (Å²) in [4.78, 5) is 45.2. The van der Waals surface area contributed by atoms with Gasteiger partial charge in [0, 0.05) is 47.9 Å². The van der Waals surface area contributed by atoms with E-state index in [0.717, 1.165) is 10.5 Å². The smallest absolute Gasteiger partial charge is 0.425 e. The van der Waals surface area contributed by atoms with Crippen LogP contribution in [0.15, 0.2) is 40.8 Å². The number of nitrogens with zero attached hydrogens (tertiary/aromatic N) is 2. The van der Waals surface area contributed by atoms with E-state index < -0.39 is 71.7 Å². The number of ketones is 1. The summed E-state index contributed by atoms with van der Waals surface area (Å²) >= 11 is 1.64. The summed E-state index contributed by atoms with van der Waals surface area (Å²) in [7, 11) is 5.40. The Labute approximate surface area is 314 Å². The molecular formula is C39H61N3O9S. The van der Waals surface area contributed by atoms with Gasteiger partial charge in [-0.05, 0) is 85.0 Å². The maximum absolute atomic E-state index is 14.6. The van der Waals surface area contributed by atoms with Crippen LogP contribution < -0.4 is 5.43 Å². The van der Waals surface area contributed by atoms with Crippen LogP contribution in [-0.2, 0) is 39.8 Å². The summed E-state index contributed by atoms with van der Waals surface area (Å²) in [5, 5.41) is 12.8. The maximum atomic E-state index is 14.6. The van der Waals surface area contributed by atoms with Crippen molar-refractivity contribution in [2.75, 3.05) is 27.5 Å². The van der Waals surface area contributed by atoms with Crippen LogP contribution in [0.5, 0.6) is 0 Å². The summed E-state index contributed by atoms with van der Waals surface area (Å²) < 4.78 is 31.4. The Hall–Kier alpha value is -2.52. The van der Waals surface area contributed by atoms with Gasteiger partial charge in [-0.15, -0.1) is 11.8 Å². The van der Waals surface area contributed by atoms with Crippen molar-refractivity contribution in [2.24, 2.45) is 17.8 Å². The summed E-state index contributed by atoms with van der Waals surface area (Å²) in [6, 6.07) is 6.98. The van der Waals surface area contributed by atoms with Crippen molar-refractivity contribution in [1.29, 1.82) is 0 Å². The Morgan fingerprint density at radius 2 is 1.75 bits per heavy atom. The second-order valence-corrected chi connectivity index (χ2v) is 16.4. The van der Waals surface area contributed by atoms with Gasteiger partial charge in [0.15, 0.2) is 11.9 Å². The number of amides is 1. The fraction of sp³-hybridized carbons (Fsp3) is 0.718. The molecule has 0 spiro atoms. The van der Waals surface area contributed by atoms with Crippen LogP contribution in [0, 0.1) is 17.8 Å². The van der Waals surface area contributed by atoms with Crippen LogP contribution in [-0.4, -0.2) is 114 Å². The third-order valence-electron chi connectivity index (χ3n) is 11.3. The molecule has 0 unspecified atom stereocenters. The highest BCUT2D eigenvalue weighted by Crippen LogP contribution is 2.42. The molecule has 52 heavy (non-hydrogen) atoms. The molecule has 1 aromatic carbocycles. The molecule has 0 bridgehead atoms. The number of hydrogen-bond donors (Lipinski definition) is 2. The van der Waals surface area contributed by atoms with Gasteiger partial charge in [0.2, 0.25) is 0 Å². The topological polar surface area (TPSA) is 136 Å². The molecule has 3 heterocycles. The Balaban J connectivity index is 1.75. The number of ether oxygens (including phenoxy) is 5. The molecule has 13 heteroatoms. The number of benzene rings is 1. The van der Waals surface area contributed by atoms with E-state index in [2.05, 4.69) is 5.43 Å². The number of hydrogen-bond acceptors (Lipinski definition) is 12. The first-order chi connectivity index (χ1) is 24.4. The van der Waals surface area contributed by atoms with Crippen LogP contribution in [0.4, 0.5) is 4.79 Å². The second-order valence-electron chi connectivity index (χ2n) is 15.5. The second kappa shape index (κ2) is 17.3. The van der Waals surface area contributed by atoms with Gasteiger partial charge < -0.3 is 33.7 Å². The highest BCUT2D eigenvalue weighted by molar-refractivity contribution is 7.98. The number of likely N-dealkylation sites (N-methyl/N-ethyl adjacent to an activating group) is 1. The predicted octanol–water partition coefficient (Wildman–Crippen LogP) is 5.36. The van der Waals surface area contributed by atoms with Crippen molar-refractivity contribution in [3.8, 4) is 0 Å². The van der Waals surface area contributed by atoms with E-state index >= 15 is 0 Å². The first-order valence-corrected chi connectivity index (χ1v) is 19.6. The standard InChI is InChI=1S/C39H61N3O9S/c1-13-30-39(8)33(42(37(46)51-39)40-21-27-14-16-28(52-12)17-15-27)26(6)31(43)24(4)20-38(7,47-11)34(22(2)18-23(3)35(45)49-30)50-36-32(44)29(41(9)10)19-25(5)48-36/h14-18,22,24-26,29-30,32-34,36,40,44H,13,19-21H2,1-12H3/b23-18+/t22-,24+,25+,26-,29-,30+,32+,33+,34+,36-,38-,39+/m0/s1. The molecule has 1 aromatic rings. The molecule has 0 aromatic heterocycles. The molecule has 0 saturated carbocycles. The number of hydrazine groups is 1. The number of methoxy groups -OCH3 is 1. The lowest BCUT2D eigenvalue weighted by Gasteiger charge is -2.46. The summed E-state index contributed by atoms with van der Waals surface area (Å²) in [6.07, 6.45) is 0.630. The third-order valence-corrected chi connectivity index (χ3v) is 12.0. The molecular weight excluding hydrogens is 687 g/mol. The number of fused-ring (bicyclic) bond motifs is 1. The van der Waals surface area contributed by atoms with Gasteiger partial charge >= 0.3 is 12.1 Å². The molecule has 292 valence electrons. The van der Waals surface area contributed by atoms with E-state index in [0.29, 0.717) is 25.0 Å². The average Bonchev–Trinajstić information content (AvgIpc) is 3.37. The molecule has 12 atom stereocenters. The number of aliphatic hydroxyl groups excluding tert-OH is 1. The largest absolute Gasteiger partial charge is 0.455 e. The zero-order valence-corrected chi connectivity index (χ0v) is 33.8. The number of carbonyl (C=O) groups excluding carboxylic acids is 3. The summed E-state index contributed by atoms with van der Waals surface area (Å²) in [5.41, 5.74) is 2.10. The fourth-order valence-corrected chi connectivity index (χ4v) is 8.76. The van der Waals surface area contributed by atoms with Crippen LogP contribution in [0.2, 0.25) is 0 Å². The Morgan fingerprint density at radius 3 is 2.33 bits per heavy atom. The van der Waals surface area contributed by atoms with Crippen LogP contribution >= 0.6 is 11.8 Å². The Kier molecular flexibility index (Phi) is 14.0. The van der Waals surface area contributed by atoms with Crippen LogP contribution in [0.3, 0.4) is 0 Å². The van der Waals surface area contributed by atoms with Gasteiger partial charge in [-0.25, -0.2) is 20.0 Å².